The molecular weight excluding hydrogens is 978 g/mol. The predicted molar refractivity (Wildman–Crippen MR) is 298 cm³/mol. The topological polar surface area (TPSA) is 106 Å². The van der Waals surface area contributed by atoms with Crippen LogP contribution in [-0.2, 0) is 22.3 Å². The fourth-order valence-electron chi connectivity index (χ4n) is 8.29. The normalized spacial score (nSPS) is 18.0. The molecule has 0 radical (unpaired) electrons. The van der Waals surface area contributed by atoms with Crippen LogP contribution in [0.2, 0.25) is 0 Å². The first-order valence-corrected chi connectivity index (χ1v) is 26.4. The van der Waals surface area contributed by atoms with Gasteiger partial charge >= 0.3 is 12.7 Å². The van der Waals surface area contributed by atoms with Crippen LogP contribution in [0.3, 0.4) is 0 Å². The lowest BCUT2D eigenvalue weighted by Gasteiger charge is -2.34. The second-order valence-electron chi connectivity index (χ2n) is 19.1. The Balaban J connectivity index is 0.00000131. The molecule has 1 aromatic carbocycles. The Morgan fingerprint density at radius 1 is 1.00 bits per heavy atom. The van der Waals surface area contributed by atoms with Crippen LogP contribution < -0.4 is 11.1 Å². The maximum Gasteiger partial charge on any atom is 0.435 e. The van der Waals surface area contributed by atoms with Crippen molar-refractivity contribution < 1.29 is 40.3 Å². The number of carbonyl (C=O) groups is 2. The fourth-order valence-corrected chi connectivity index (χ4v) is 8.65. The number of nitrogens with two attached hydrogens (primary N) is 1. The highest BCUT2D eigenvalue weighted by Crippen LogP contribution is 2.64. The number of rotatable bonds is 22. The number of hydrogen-bond donors (Lipinski definition) is 2. The van der Waals surface area contributed by atoms with Gasteiger partial charge in [0, 0.05) is 60.4 Å². The Morgan fingerprint density at radius 2 is 1.59 bits per heavy atom. The third kappa shape index (κ3) is 20.2. The molecule has 4 rings (SSSR count). The van der Waals surface area contributed by atoms with Gasteiger partial charge in [0.05, 0.1) is 22.8 Å². The first-order chi connectivity index (χ1) is 34.7. The summed E-state index contributed by atoms with van der Waals surface area (Å²) in [6.07, 6.45) is 8.14. The monoisotopic (exact) mass is 1060 g/mol. The largest absolute Gasteiger partial charge is 0.435 e. The highest BCUT2D eigenvalue weighted by atomic mass is 32.1. The van der Waals surface area contributed by atoms with Gasteiger partial charge in [0.2, 0.25) is 0 Å². The molecule has 416 valence electrons. The van der Waals surface area contributed by atoms with Gasteiger partial charge in [-0.2, -0.15) is 27.1 Å². The summed E-state index contributed by atoms with van der Waals surface area (Å²) in [5, 5.41) is 6.85. The number of allylic oxidation sites excluding steroid dienone is 9. The zero-order chi connectivity index (χ0) is 57.5. The summed E-state index contributed by atoms with van der Waals surface area (Å²) < 4.78 is 95.9. The molecule has 1 aliphatic carbocycles. The predicted octanol–water partition coefficient (Wildman–Crippen LogP) is 16.1. The molecular formula is C58H87F7N6O2S. The van der Waals surface area contributed by atoms with Crippen LogP contribution in [0.5, 0.6) is 0 Å². The number of halogens is 7. The number of nitrogens with one attached hydrogen (secondary N) is 1. The van der Waals surface area contributed by atoms with E-state index in [1.807, 2.05) is 94.4 Å². The van der Waals surface area contributed by atoms with Crippen molar-refractivity contribution >= 4 is 46.6 Å². The number of benzene rings is 1. The second kappa shape index (κ2) is 32.3. The number of thiocarbonyl (C=S) groups is 1. The van der Waals surface area contributed by atoms with Gasteiger partial charge in [0.15, 0.2) is 17.8 Å². The molecule has 1 aromatic heterocycles. The van der Waals surface area contributed by atoms with Crippen LogP contribution in [0, 0.1) is 34.9 Å². The van der Waals surface area contributed by atoms with Crippen LogP contribution in [0.25, 0.3) is 11.1 Å². The van der Waals surface area contributed by atoms with Gasteiger partial charge in [0.1, 0.15) is 11.6 Å². The fraction of sp³-hybridized carbons (Fsp3) is 0.569. The van der Waals surface area contributed by atoms with E-state index < -0.39 is 35.2 Å². The van der Waals surface area contributed by atoms with Gasteiger partial charge in [-0.05, 0) is 103 Å². The summed E-state index contributed by atoms with van der Waals surface area (Å²) >= 11 is 5.47. The van der Waals surface area contributed by atoms with Gasteiger partial charge in [0.25, 0.3) is 0 Å². The quantitative estimate of drug-likeness (QED) is 0.0230. The number of alkyl halides is 5. The van der Waals surface area contributed by atoms with E-state index in [9.17, 15) is 35.9 Å². The Kier molecular flexibility index (Phi) is 30.1. The highest BCUT2D eigenvalue weighted by Gasteiger charge is 2.60. The molecule has 2 heterocycles. The molecule has 3 N–H and O–H groups in total. The molecule has 1 saturated carbocycles. The molecule has 2 aromatic rings. The van der Waals surface area contributed by atoms with E-state index in [1.54, 1.807) is 59.2 Å². The molecule has 0 saturated heterocycles. The summed E-state index contributed by atoms with van der Waals surface area (Å²) in [6.45, 7) is 32.4. The van der Waals surface area contributed by atoms with Crippen molar-refractivity contribution in [3.05, 3.63) is 112 Å². The van der Waals surface area contributed by atoms with Crippen molar-refractivity contribution in [2.75, 3.05) is 13.6 Å². The SMILES string of the molecule is C=C/C(=C\C(C=NC)=C(\N)C(C)C)c1ccc(C2C[C@]2(CCC)C(=O)C(C)CC)c(F)c1.CC.CC.CC.CC(C)/C=C(\C=C(\F)C=O)c1cc(C(F)(F)F)nn1CC(C)(C)NC(=S)C(C)CC1=CN(C(F)F)C1. The minimum atomic E-state index is -4.74. The van der Waals surface area contributed by atoms with Crippen molar-refractivity contribution in [3.8, 4) is 0 Å². The lowest BCUT2D eigenvalue weighted by molar-refractivity contribution is -0.141. The molecule has 3 unspecified atom stereocenters. The van der Waals surface area contributed by atoms with Crippen molar-refractivity contribution in [1.82, 2.24) is 20.0 Å². The summed E-state index contributed by atoms with van der Waals surface area (Å²) in [5.41, 5.74) is 8.40. The van der Waals surface area contributed by atoms with E-state index in [0.717, 1.165) is 75.4 Å². The first kappa shape index (κ1) is 68.9. The highest BCUT2D eigenvalue weighted by molar-refractivity contribution is 7.80. The minimum Gasteiger partial charge on any atom is -0.401 e. The molecule has 16 heteroatoms. The first-order valence-electron chi connectivity index (χ1n) is 26.0. The Hall–Kier alpha value is -5.12. The van der Waals surface area contributed by atoms with Gasteiger partial charge in [-0.15, -0.1) is 0 Å². The van der Waals surface area contributed by atoms with Gasteiger partial charge in [-0.3, -0.25) is 19.3 Å². The van der Waals surface area contributed by atoms with E-state index in [0.29, 0.717) is 22.8 Å². The Labute approximate surface area is 444 Å². The van der Waals surface area contributed by atoms with Crippen LogP contribution in [0.1, 0.15) is 171 Å². The summed E-state index contributed by atoms with van der Waals surface area (Å²) in [6, 6.07) is 6.13. The standard InChI is InChI=1S/C28H39FN2O.C24H30F6N4OS.3C2H6/c1-8-13-28(27(32)19(6)9-2)16-24(28)23-12-11-21(15-25(23)29)20(10-3)14-22(17-31-7)26(30)18(4)5;1-14(2)6-17(8-18(25)12-35)19-9-20(24(28,29)30)32-34(19)13-23(4,5)31-21(36)15(3)7-16-10-33(11-16)22(26)27;3*1-2/h10-12,14-15,17-19,24H,3,8-9,13,16,30H2,1-2,4-7H3;6,8-10,12,14-15,22H,7,11,13H2,1-5H3,(H,31,36);3*1-2H3/b20-14+,26-22-,31-17?;17-6+,18-8+;;;/t19?,24?,28-;;;;/m0..../s1. The van der Waals surface area contributed by atoms with E-state index >= 15 is 4.39 Å². The number of aliphatic imine (C=N–C) groups is 1. The molecule has 74 heavy (non-hydrogen) atoms. The molecule has 0 bridgehead atoms. The number of Topliss-reactive ketones (excluding diaryl/α,β-unsaturated/α-hetero) is 1. The van der Waals surface area contributed by atoms with E-state index in [4.69, 9.17) is 18.0 Å². The minimum absolute atomic E-state index is 0.00594. The van der Waals surface area contributed by atoms with Crippen molar-refractivity contribution in [2.24, 2.45) is 39.8 Å². The number of carbonyl (C=O) groups excluding carboxylic acids is 2. The summed E-state index contributed by atoms with van der Waals surface area (Å²) in [5.74, 6) is -1.32. The molecule has 1 aliphatic heterocycles. The number of aromatic nitrogens is 2. The number of nitrogens with zero attached hydrogens (tertiary/aromatic N) is 4. The van der Waals surface area contributed by atoms with E-state index in [-0.39, 0.29) is 66.0 Å². The summed E-state index contributed by atoms with van der Waals surface area (Å²) in [4.78, 5) is 29.4. The Morgan fingerprint density at radius 3 is 2.05 bits per heavy atom. The van der Waals surface area contributed by atoms with Crippen molar-refractivity contribution in [1.29, 1.82) is 0 Å². The van der Waals surface area contributed by atoms with Crippen LogP contribution in [0.15, 0.2) is 89.0 Å². The average Bonchev–Trinajstić information content (AvgIpc) is 3.90. The zero-order valence-electron chi connectivity index (χ0n) is 47.2. The van der Waals surface area contributed by atoms with Crippen LogP contribution in [0.4, 0.5) is 30.7 Å². The molecule has 2 aliphatic rings. The maximum atomic E-state index is 15.3. The zero-order valence-corrected chi connectivity index (χ0v) is 48.0. The van der Waals surface area contributed by atoms with Gasteiger partial charge < -0.3 is 16.0 Å². The molecule has 0 spiro atoms. The smallest absolute Gasteiger partial charge is 0.401 e. The number of hydrogen-bond acceptors (Lipinski definition) is 7. The second-order valence-corrected chi connectivity index (χ2v) is 19.6. The van der Waals surface area contributed by atoms with Gasteiger partial charge in [-0.1, -0.05) is 146 Å². The third-order valence-corrected chi connectivity index (χ3v) is 12.6. The molecule has 0 amide bonds. The number of aldehydes is 1. The Bertz CT molecular complexity index is 2320. The van der Waals surface area contributed by atoms with Crippen molar-refractivity contribution in [2.45, 2.75) is 174 Å². The molecule has 4 atom stereocenters. The van der Waals surface area contributed by atoms with Crippen molar-refractivity contribution in [3.63, 3.8) is 0 Å². The third-order valence-electron chi connectivity index (χ3n) is 12.1. The summed E-state index contributed by atoms with van der Waals surface area (Å²) in [7, 11) is 1.70. The molecule has 1 fully saturated rings. The van der Waals surface area contributed by atoms with E-state index in [2.05, 4.69) is 28.9 Å². The van der Waals surface area contributed by atoms with Crippen LogP contribution in [-0.4, -0.2) is 63.6 Å². The van der Waals surface area contributed by atoms with E-state index in [1.165, 1.54) is 6.20 Å². The van der Waals surface area contributed by atoms with Gasteiger partial charge in [-0.25, -0.2) is 8.78 Å². The van der Waals surface area contributed by atoms with Crippen LogP contribution >= 0.6 is 12.2 Å². The molecule has 8 nitrogen and oxygen atoms in total. The lowest BCUT2D eigenvalue weighted by atomic mass is 9.83. The maximum absolute atomic E-state index is 15.3. The number of ketones is 1. The average molecular weight is 1070 g/mol. The lowest BCUT2D eigenvalue weighted by Crippen LogP contribution is -2.48.